The van der Waals surface area contributed by atoms with E-state index in [2.05, 4.69) is 10.2 Å². The van der Waals surface area contributed by atoms with Crippen molar-refractivity contribution in [1.29, 1.82) is 0 Å². The third kappa shape index (κ3) is 4.96. The Hall–Kier alpha value is -2.54. The smallest absolute Gasteiger partial charge is 0.343 e. The van der Waals surface area contributed by atoms with Gasteiger partial charge in [-0.25, -0.2) is 14.3 Å². The Bertz CT molecular complexity index is 847. The van der Waals surface area contributed by atoms with Crippen LogP contribution in [0.3, 0.4) is 0 Å². The number of rotatable bonds is 8. The van der Waals surface area contributed by atoms with Gasteiger partial charge < -0.3 is 4.74 Å². The van der Waals surface area contributed by atoms with E-state index in [-0.39, 0.29) is 11.5 Å². The predicted octanol–water partition coefficient (Wildman–Crippen LogP) is 3.12. The molecule has 7 heteroatoms. The van der Waals surface area contributed by atoms with Gasteiger partial charge in [-0.2, -0.15) is 0 Å². The maximum atomic E-state index is 12.8. The normalized spacial score (nSPS) is 10.8. The number of aromatic amines is 1. The van der Waals surface area contributed by atoms with Crippen LogP contribution in [0.2, 0.25) is 0 Å². The quantitative estimate of drug-likeness (QED) is 0.496. The predicted molar refractivity (Wildman–Crippen MR) is 95.6 cm³/mol. The second-order valence-electron chi connectivity index (χ2n) is 5.35. The average Bonchev–Trinajstić information content (AvgIpc) is 2.99. The SMILES string of the molecule is O=c1[nH]nc(SCCOc2ccc(F)cc2)n1CCc1ccccc1. The van der Waals surface area contributed by atoms with Gasteiger partial charge >= 0.3 is 5.69 Å². The molecular weight excluding hydrogens is 341 g/mol. The molecule has 0 atom stereocenters. The topological polar surface area (TPSA) is 59.9 Å². The molecule has 130 valence electrons. The number of nitrogens with zero attached hydrogens (tertiary/aromatic N) is 2. The summed E-state index contributed by atoms with van der Waals surface area (Å²) in [7, 11) is 0. The molecule has 0 radical (unpaired) electrons. The molecule has 1 heterocycles. The fourth-order valence-electron chi connectivity index (χ4n) is 2.32. The lowest BCUT2D eigenvalue weighted by Gasteiger charge is -2.07. The standard InChI is InChI=1S/C18H18FN3O2S/c19-15-6-8-16(9-7-15)24-12-13-25-18-21-20-17(23)22(18)11-10-14-4-2-1-3-5-14/h1-9H,10-13H2,(H,20,23). The Labute approximate surface area is 148 Å². The van der Waals surface area contributed by atoms with Gasteiger partial charge in [-0.05, 0) is 36.2 Å². The summed E-state index contributed by atoms with van der Waals surface area (Å²) in [6.45, 7) is 1.01. The Morgan fingerprint density at radius 2 is 1.88 bits per heavy atom. The highest BCUT2D eigenvalue weighted by Gasteiger charge is 2.09. The van der Waals surface area contributed by atoms with E-state index in [0.29, 0.717) is 29.8 Å². The highest BCUT2D eigenvalue weighted by Crippen LogP contribution is 2.16. The van der Waals surface area contributed by atoms with Crippen LogP contribution in [0.25, 0.3) is 0 Å². The molecular formula is C18H18FN3O2S. The van der Waals surface area contributed by atoms with Crippen LogP contribution in [0.15, 0.2) is 64.5 Å². The summed E-state index contributed by atoms with van der Waals surface area (Å²) in [6.07, 6.45) is 0.764. The van der Waals surface area contributed by atoms with Crippen molar-refractivity contribution in [2.24, 2.45) is 0 Å². The van der Waals surface area contributed by atoms with Crippen LogP contribution in [0, 0.1) is 5.82 Å². The fraction of sp³-hybridized carbons (Fsp3) is 0.222. The van der Waals surface area contributed by atoms with Crippen LogP contribution in [-0.4, -0.2) is 27.1 Å². The zero-order valence-electron chi connectivity index (χ0n) is 13.5. The fourth-order valence-corrected chi connectivity index (χ4v) is 3.11. The molecule has 25 heavy (non-hydrogen) atoms. The van der Waals surface area contributed by atoms with Crippen molar-refractivity contribution in [1.82, 2.24) is 14.8 Å². The van der Waals surface area contributed by atoms with Crippen molar-refractivity contribution in [3.8, 4) is 5.75 Å². The third-order valence-electron chi connectivity index (χ3n) is 3.59. The number of nitrogens with one attached hydrogen (secondary N) is 1. The van der Waals surface area contributed by atoms with Crippen LogP contribution in [-0.2, 0) is 13.0 Å². The van der Waals surface area contributed by atoms with Gasteiger partial charge in [0.1, 0.15) is 11.6 Å². The van der Waals surface area contributed by atoms with Crippen LogP contribution in [0.5, 0.6) is 5.75 Å². The van der Waals surface area contributed by atoms with E-state index in [1.54, 1.807) is 16.7 Å². The molecule has 5 nitrogen and oxygen atoms in total. The molecule has 0 aliphatic rings. The summed E-state index contributed by atoms with van der Waals surface area (Å²) in [5.74, 6) is 0.957. The average molecular weight is 359 g/mol. The van der Waals surface area contributed by atoms with Crippen molar-refractivity contribution in [2.45, 2.75) is 18.1 Å². The maximum Gasteiger partial charge on any atom is 0.343 e. The summed E-state index contributed by atoms with van der Waals surface area (Å²) >= 11 is 1.45. The Balaban J connectivity index is 1.51. The first-order chi connectivity index (χ1) is 12.2. The molecule has 0 bridgehead atoms. The van der Waals surface area contributed by atoms with Gasteiger partial charge in [0, 0.05) is 12.3 Å². The molecule has 0 unspecified atom stereocenters. The lowest BCUT2D eigenvalue weighted by Crippen LogP contribution is -2.19. The summed E-state index contributed by atoms with van der Waals surface area (Å²) < 4.78 is 20.0. The van der Waals surface area contributed by atoms with Gasteiger partial charge in [0.25, 0.3) is 0 Å². The molecule has 2 aromatic carbocycles. The molecule has 0 aliphatic heterocycles. The Morgan fingerprint density at radius 1 is 1.12 bits per heavy atom. The molecule has 0 amide bonds. The van der Waals surface area contributed by atoms with E-state index in [0.717, 1.165) is 6.42 Å². The molecule has 0 saturated heterocycles. The van der Waals surface area contributed by atoms with E-state index in [4.69, 9.17) is 4.74 Å². The minimum Gasteiger partial charge on any atom is -0.493 e. The van der Waals surface area contributed by atoms with Crippen LogP contribution in [0.1, 0.15) is 5.56 Å². The number of aryl methyl sites for hydroxylation is 1. The summed E-state index contributed by atoms with van der Waals surface area (Å²) in [5, 5.41) is 7.20. The van der Waals surface area contributed by atoms with Gasteiger partial charge in [-0.15, -0.1) is 5.10 Å². The molecule has 3 aromatic rings. The van der Waals surface area contributed by atoms with Crippen molar-refractivity contribution in [3.05, 3.63) is 76.5 Å². The number of benzene rings is 2. The van der Waals surface area contributed by atoms with Gasteiger partial charge in [-0.3, -0.25) is 4.57 Å². The minimum atomic E-state index is -0.291. The highest BCUT2D eigenvalue weighted by atomic mass is 32.2. The lowest BCUT2D eigenvalue weighted by molar-refractivity contribution is 0.343. The van der Waals surface area contributed by atoms with Crippen molar-refractivity contribution >= 4 is 11.8 Å². The molecule has 3 rings (SSSR count). The third-order valence-corrected chi connectivity index (χ3v) is 4.53. The molecule has 0 fully saturated rings. The van der Waals surface area contributed by atoms with Gasteiger partial charge in [0.05, 0.1) is 6.61 Å². The number of hydrogen-bond donors (Lipinski definition) is 1. The molecule has 0 aliphatic carbocycles. The Morgan fingerprint density at radius 3 is 2.64 bits per heavy atom. The number of hydrogen-bond acceptors (Lipinski definition) is 4. The number of ether oxygens (including phenoxy) is 1. The first kappa shape index (κ1) is 17.3. The van der Waals surface area contributed by atoms with Crippen molar-refractivity contribution in [2.75, 3.05) is 12.4 Å². The van der Waals surface area contributed by atoms with Gasteiger partial charge in [-0.1, -0.05) is 42.1 Å². The second kappa shape index (κ2) is 8.53. The Kier molecular flexibility index (Phi) is 5.90. The second-order valence-corrected chi connectivity index (χ2v) is 6.41. The monoisotopic (exact) mass is 359 g/mol. The van der Waals surface area contributed by atoms with Gasteiger partial charge in [0.15, 0.2) is 5.16 Å². The van der Waals surface area contributed by atoms with Crippen LogP contribution >= 0.6 is 11.8 Å². The molecule has 0 spiro atoms. The number of thioether (sulfide) groups is 1. The van der Waals surface area contributed by atoms with E-state index >= 15 is 0 Å². The zero-order chi connectivity index (χ0) is 17.5. The highest BCUT2D eigenvalue weighted by molar-refractivity contribution is 7.99. The summed E-state index contributed by atoms with van der Waals surface area (Å²) in [5.41, 5.74) is 0.962. The maximum absolute atomic E-state index is 12.8. The number of halogens is 1. The summed E-state index contributed by atoms with van der Waals surface area (Å²) in [6, 6.07) is 15.9. The largest absolute Gasteiger partial charge is 0.493 e. The van der Waals surface area contributed by atoms with Crippen molar-refractivity contribution in [3.63, 3.8) is 0 Å². The van der Waals surface area contributed by atoms with E-state index < -0.39 is 0 Å². The minimum absolute atomic E-state index is 0.210. The number of H-pyrrole nitrogens is 1. The number of aromatic nitrogens is 3. The van der Waals surface area contributed by atoms with E-state index in [1.807, 2.05) is 30.3 Å². The molecule has 1 N–H and O–H groups in total. The molecule has 1 aromatic heterocycles. The first-order valence-corrected chi connectivity index (χ1v) is 8.91. The van der Waals surface area contributed by atoms with E-state index in [9.17, 15) is 9.18 Å². The first-order valence-electron chi connectivity index (χ1n) is 7.92. The molecule has 0 saturated carbocycles. The van der Waals surface area contributed by atoms with Crippen LogP contribution < -0.4 is 10.4 Å². The van der Waals surface area contributed by atoms with Crippen molar-refractivity contribution < 1.29 is 9.13 Å². The van der Waals surface area contributed by atoms with E-state index in [1.165, 1.54) is 29.5 Å². The van der Waals surface area contributed by atoms with Gasteiger partial charge in [0.2, 0.25) is 0 Å². The lowest BCUT2D eigenvalue weighted by atomic mass is 10.1. The zero-order valence-corrected chi connectivity index (χ0v) is 14.3. The summed E-state index contributed by atoms with van der Waals surface area (Å²) in [4.78, 5) is 11.9. The van der Waals surface area contributed by atoms with Crippen LogP contribution in [0.4, 0.5) is 4.39 Å².